The van der Waals surface area contributed by atoms with Crippen molar-refractivity contribution in [2.75, 3.05) is 45.4 Å². The van der Waals surface area contributed by atoms with E-state index in [-0.39, 0.29) is 41.8 Å². The normalized spacial score (nSPS) is 25.6. The molecule has 0 saturated carbocycles. The number of aromatic nitrogens is 8. The monoisotopic (exact) mass is 723 g/mol. The van der Waals surface area contributed by atoms with Crippen LogP contribution in [-0.2, 0) is 47.5 Å². The minimum Gasteiger partial charge on any atom is -0.463 e. The standard InChI is InChI=1S/C31H37N11O10/c1-14(43)48-10-18-23(49-15(2)44)25(50-16(3)45)31(52-18)42-19(40-21-27(33)36-12-38-29(21)42)7-6-8-34-9-17-22(46-4)24(47-5)30(51-17)41-13-39-20-26(32)35-11-37-28(20)41/h11-13,17-18,22-25,30-31,34H,8-10H2,1-5H3,(H2,32,35,37)(H2,33,36,38)/t17-,18-,22?,23+,24+,25?,30-,31-/m1/s1. The molecule has 2 unspecified atom stereocenters. The quantitative estimate of drug-likeness (QED) is 0.0726. The van der Waals surface area contributed by atoms with Crippen LogP contribution in [0.3, 0.4) is 0 Å². The van der Waals surface area contributed by atoms with Crippen molar-refractivity contribution in [2.45, 2.75) is 69.9 Å². The van der Waals surface area contributed by atoms with E-state index in [2.05, 4.69) is 47.1 Å². The topological polar surface area (TPSA) is 267 Å². The lowest BCUT2D eigenvalue weighted by Gasteiger charge is -2.24. The summed E-state index contributed by atoms with van der Waals surface area (Å²) >= 11 is 0. The number of nitrogens with two attached hydrogens (primary N) is 2. The van der Waals surface area contributed by atoms with Gasteiger partial charge in [0.1, 0.15) is 49.2 Å². The van der Waals surface area contributed by atoms with Crippen molar-refractivity contribution >= 4 is 51.9 Å². The second kappa shape index (κ2) is 15.4. The van der Waals surface area contributed by atoms with Crippen molar-refractivity contribution in [3.05, 3.63) is 24.8 Å². The number of carbonyl (C=O) groups is 3. The zero-order valence-corrected chi connectivity index (χ0v) is 28.8. The van der Waals surface area contributed by atoms with E-state index in [4.69, 9.17) is 44.6 Å². The Balaban J connectivity index is 1.24. The van der Waals surface area contributed by atoms with Gasteiger partial charge in [-0.1, -0.05) is 5.92 Å². The molecule has 0 aromatic carbocycles. The fourth-order valence-corrected chi connectivity index (χ4v) is 6.24. The zero-order chi connectivity index (χ0) is 37.1. The highest BCUT2D eigenvalue weighted by molar-refractivity contribution is 5.83. The Kier molecular flexibility index (Phi) is 10.7. The van der Waals surface area contributed by atoms with Crippen LogP contribution in [0.15, 0.2) is 19.0 Å². The van der Waals surface area contributed by atoms with Gasteiger partial charge in [-0.25, -0.2) is 29.9 Å². The predicted molar refractivity (Wildman–Crippen MR) is 176 cm³/mol. The number of nitrogens with zero attached hydrogens (tertiary/aromatic N) is 8. The van der Waals surface area contributed by atoms with E-state index in [0.717, 1.165) is 0 Å². The highest BCUT2D eigenvalue weighted by atomic mass is 16.7. The molecule has 276 valence electrons. The first-order valence-electron chi connectivity index (χ1n) is 16.0. The maximum absolute atomic E-state index is 12.3. The number of anilines is 2. The molecular weight excluding hydrogens is 686 g/mol. The number of esters is 3. The third kappa shape index (κ3) is 7.14. The summed E-state index contributed by atoms with van der Waals surface area (Å²) in [6, 6.07) is 0. The summed E-state index contributed by atoms with van der Waals surface area (Å²) in [6.45, 7) is 3.77. The smallest absolute Gasteiger partial charge is 0.303 e. The summed E-state index contributed by atoms with van der Waals surface area (Å²) in [5.41, 5.74) is 13.5. The van der Waals surface area contributed by atoms with Gasteiger partial charge in [0.2, 0.25) is 0 Å². The second-order valence-corrected chi connectivity index (χ2v) is 11.7. The zero-order valence-electron chi connectivity index (χ0n) is 28.8. The molecule has 2 saturated heterocycles. The number of methoxy groups -OCH3 is 2. The Hall–Kier alpha value is -5.53. The maximum atomic E-state index is 12.3. The molecule has 0 amide bonds. The lowest BCUT2D eigenvalue weighted by atomic mass is 10.1. The van der Waals surface area contributed by atoms with Crippen molar-refractivity contribution in [1.29, 1.82) is 0 Å². The molecular formula is C31H37N11O10. The van der Waals surface area contributed by atoms with E-state index >= 15 is 0 Å². The van der Waals surface area contributed by atoms with Crippen molar-refractivity contribution in [3.63, 3.8) is 0 Å². The molecule has 0 aliphatic carbocycles. The summed E-state index contributed by atoms with van der Waals surface area (Å²) < 4.78 is 43.7. The number of nitrogens with one attached hydrogen (secondary N) is 1. The fourth-order valence-electron chi connectivity index (χ4n) is 6.24. The Labute approximate surface area is 295 Å². The third-order valence-electron chi connectivity index (χ3n) is 8.35. The van der Waals surface area contributed by atoms with Crippen LogP contribution in [-0.4, -0.2) is 127 Å². The van der Waals surface area contributed by atoms with Crippen LogP contribution >= 0.6 is 0 Å². The minimum absolute atomic E-state index is 0.0611. The number of carbonyl (C=O) groups excluding carboxylic acids is 3. The van der Waals surface area contributed by atoms with Gasteiger partial charge in [-0.2, -0.15) is 0 Å². The van der Waals surface area contributed by atoms with Crippen LogP contribution in [0.1, 0.15) is 39.1 Å². The second-order valence-electron chi connectivity index (χ2n) is 11.7. The highest BCUT2D eigenvalue weighted by Crippen LogP contribution is 2.38. The van der Waals surface area contributed by atoms with Crippen molar-refractivity contribution in [3.8, 4) is 11.8 Å². The van der Waals surface area contributed by atoms with Crippen molar-refractivity contribution < 1.29 is 47.5 Å². The van der Waals surface area contributed by atoms with Gasteiger partial charge in [-0.15, -0.1) is 0 Å². The van der Waals surface area contributed by atoms with Crippen LogP contribution in [0.5, 0.6) is 0 Å². The predicted octanol–water partition coefficient (Wildman–Crippen LogP) is -0.977. The SMILES string of the molecule is COC1[C@@H](CNCC#Cc2nc3c(N)ncnc3n2[C@@H]2O[C@H](COC(C)=O)[C@H](OC(C)=O)C2OC(C)=O)O[C@@H](n2cnc3c(N)ncnc32)[C@H]1OC. The van der Waals surface area contributed by atoms with Crippen LogP contribution in [0.2, 0.25) is 0 Å². The van der Waals surface area contributed by atoms with Gasteiger partial charge in [-0.3, -0.25) is 23.5 Å². The molecule has 6 rings (SSSR count). The highest BCUT2D eigenvalue weighted by Gasteiger charge is 2.52. The average Bonchev–Trinajstić information content (AvgIpc) is 3.86. The van der Waals surface area contributed by atoms with Gasteiger partial charge >= 0.3 is 17.9 Å². The van der Waals surface area contributed by atoms with E-state index in [1.54, 1.807) is 25.1 Å². The Bertz CT molecular complexity index is 2030. The molecule has 5 N–H and O–H groups in total. The van der Waals surface area contributed by atoms with Crippen molar-refractivity contribution in [2.24, 2.45) is 0 Å². The molecule has 2 fully saturated rings. The van der Waals surface area contributed by atoms with Gasteiger partial charge in [0, 0.05) is 41.5 Å². The molecule has 2 aliphatic heterocycles. The lowest BCUT2D eigenvalue weighted by Crippen LogP contribution is -2.40. The number of hydrogen-bond acceptors (Lipinski definition) is 19. The number of nitrogen functional groups attached to an aromatic ring is 2. The first kappa shape index (κ1) is 36.3. The van der Waals surface area contributed by atoms with E-state index in [9.17, 15) is 14.4 Å². The van der Waals surface area contributed by atoms with Gasteiger partial charge in [0.15, 0.2) is 58.9 Å². The van der Waals surface area contributed by atoms with E-state index < -0.39 is 67.0 Å². The molecule has 4 aromatic rings. The lowest BCUT2D eigenvalue weighted by molar-refractivity contribution is -0.166. The van der Waals surface area contributed by atoms with Crippen LogP contribution in [0, 0.1) is 11.8 Å². The number of hydrogen-bond donors (Lipinski definition) is 3. The molecule has 8 atom stereocenters. The van der Waals surface area contributed by atoms with Gasteiger partial charge in [0.05, 0.1) is 12.9 Å². The number of fused-ring (bicyclic) bond motifs is 2. The van der Waals surface area contributed by atoms with Gasteiger partial charge < -0.3 is 49.9 Å². The summed E-state index contributed by atoms with van der Waals surface area (Å²) in [7, 11) is 3.13. The van der Waals surface area contributed by atoms with Crippen LogP contribution in [0.25, 0.3) is 22.3 Å². The molecule has 52 heavy (non-hydrogen) atoms. The minimum atomic E-state index is -1.21. The number of imidazole rings is 2. The summed E-state index contributed by atoms with van der Waals surface area (Å²) in [5, 5.41) is 3.25. The summed E-state index contributed by atoms with van der Waals surface area (Å²) in [4.78, 5) is 61.6. The van der Waals surface area contributed by atoms with E-state index in [1.807, 2.05) is 0 Å². The Morgan fingerprint density at radius 1 is 0.808 bits per heavy atom. The summed E-state index contributed by atoms with van der Waals surface area (Å²) in [6.07, 6.45) is -2.51. The largest absolute Gasteiger partial charge is 0.463 e. The Morgan fingerprint density at radius 3 is 2.13 bits per heavy atom. The van der Waals surface area contributed by atoms with Gasteiger partial charge in [-0.05, 0) is 5.92 Å². The molecule has 0 radical (unpaired) electrons. The molecule has 21 heteroatoms. The molecule has 6 heterocycles. The van der Waals surface area contributed by atoms with Crippen LogP contribution in [0.4, 0.5) is 11.6 Å². The van der Waals surface area contributed by atoms with Crippen molar-refractivity contribution in [1.82, 2.24) is 44.4 Å². The van der Waals surface area contributed by atoms with Crippen LogP contribution < -0.4 is 16.8 Å². The molecule has 4 aromatic heterocycles. The van der Waals surface area contributed by atoms with E-state index in [0.29, 0.717) is 17.7 Å². The molecule has 2 aliphatic rings. The Morgan fingerprint density at radius 2 is 1.46 bits per heavy atom. The third-order valence-corrected chi connectivity index (χ3v) is 8.35. The van der Waals surface area contributed by atoms with Gasteiger partial charge in [0.25, 0.3) is 0 Å². The average molecular weight is 724 g/mol. The fraction of sp³-hybridized carbons (Fsp3) is 0.516. The first-order chi connectivity index (χ1) is 25.0. The molecule has 0 spiro atoms. The number of ether oxygens (including phenoxy) is 7. The summed E-state index contributed by atoms with van der Waals surface area (Å²) in [5.74, 6) is 4.50. The van der Waals surface area contributed by atoms with E-state index in [1.165, 1.54) is 38.0 Å². The molecule has 21 nitrogen and oxygen atoms in total. The molecule has 0 bridgehead atoms. The maximum Gasteiger partial charge on any atom is 0.303 e. The number of rotatable bonds is 11. The first-order valence-corrected chi connectivity index (χ1v) is 16.0.